The Bertz CT molecular complexity index is 281. The first kappa shape index (κ1) is 16.5. The molecule has 0 spiro atoms. The van der Waals surface area contributed by atoms with Crippen molar-refractivity contribution in [1.82, 2.24) is 0 Å². The van der Waals surface area contributed by atoms with E-state index in [1.807, 2.05) is 0 Å². The van der Waals surface area contributed by atoms with Gasteiger partial charge in [0.1, 0.15) is 24.4 Å². The molecule has 0 aromatic heterocycles. The van der Waals surface area contributed by atoms with E-state index in [1.165, 1.54) is 0 Å². The van der Waals surface area contributed by atoms with Crippen LogP contribution in [-0.4, -0.2) is 75.6 Å². The van der Waals surface area contributed by atoms with E-state index in [2.05, 4.69) is 0 Å². The lowest BCUT2D eigenvalue weighted by molar-refractivity contribution is -0.301. The number of hydrogen-bond acceptors (Lipinski definition) is 7. The second-order valence-electron chi connectivity index (χ2n) is 4.45. The zero-order valence-corrected chi connectivity index (χ0v) is 10.8. The second kappa shape index (κ2) is 7.91. The summed E-state index contributed by atoms with van der Waals surface area (Å²) in [5.74, 6) is 0. The van der Waals surface area contributed by atoms with Crippen molar-refractivity contribution in [1.29, 1.82) is 0 Å². The summed E-state index contributed by atoms with van der Waals surface area (Å²) < 4.78 is 10.4. The highest BCUT2D eigenvalue weighted by Crippen LogP contribution is 2.22. The fraction of sp³-hybridized carbons (Fsp3) is 0.833. The molecule has 1 saturated heterocycles. The van der Waals surface area contributed by atoms with Crippen molar-refractivity contribution < 1.29 is 35.0 Å². The molecular formula is C12H22O7. The van der Waals surface area contributed by atoms with Gasteiger partial charge in [-0.3, -0.25) is 0 Å². The monoisotopic (exact) mass is 278 g/mol. The van der Waals surface area contributed by atoms with Crippen LogP contribution in [-0.2, 0) is 9.47 Å². The van der Waals surface area contributed by atoms with E-state index in [0.29, 0.717) is 6.42 Å². The third kappa shape index (κ3) is 4.50. The standard InChI is InChI=1S/C12H22O7/c1-2-3-7(14)4-5-18-12-11(17)10(16)9(15)8(6-13)19-12/h2-3,7-17H,4-6H2,1H3/b3-2+/t7-,8?,9?,10?,11?,12?/m1/s1. The zero-order valence-electron chi connectivity index (χ0n) is 10.8. The maximum Gasteiger partial charge on any atom is 0.186 e. The molecule has 1 rings (SSSR count). The second-order valence-corrected chi connectivity index (χ2v) is 4.45. The summed E-state index contributed by atoms with van der Waals surface area (Å²) in [5, 5.41) is 47.2. The van der Waals surface area contributed by atoms with Gasteiger partial charge in [0, 0.05) is 6.42 Å². The summed E-state index contributed by atoms with van der Waals surface area (Å²) in [5.41, 5.74) is 0. The Morgan fingerprint density at radius 1 is 1.21 bits per heavy atom. The molecule has 0 radical (unpaired) electrons. The van der Waals surface area contributed by atoms with Crippen molar-refractivity contribution in [2.24, 2.45) is 0 Å². The lowest BCUT2D eigenvalue weighted by atomic mass is 9.99. The molecule has 1 aliphatic heterocycles. The normalized spacial score (nSPS) is 37.7. The lowest BCUT2D eigenvalue weighted by Gasteiger charge is -2.39. The molecule has 0 aliphatic carbocycles. The number of ether oxygens (including phenoxy) is 2. The van der Waals surface area contributed by atoms with Crippen LogP contribution >= 0.6 is 0 Å². The van der Waals surface area contributed by atoms with Crippen LogP contribution < -0.4 is 0 Å². The zero-order chi connectivity index (χ0) is 14.4. The van der Waals surface area contributed by atoms with Gasteiger partial charge in [0.15, 0.2) is 6.29 Å². The molecule has 0 bridgehead atoms. The highest BCUT2D eigenvalue weighted by molar-refractivity contribution is 4.89. The summed E-state index contributed by atoms with van der Waals surface area (Å²) in [6, 6.07) is 0. The number of aliphatic hydroxyl groups excluding tert-OH is 5. The summed E-state index contributed by atoms with van der Waals surface area (Å²) >= 11 is 0. The Labute approximate surface area is 111 Å². The van der Waals surface area contributed by atoms with Gasteiger partial charge < -0.3 is 35.0 Å². The Morgan fingerprint density at radius 3 is 2.47 bits per heavy atom. The third-order valence-electron chi connectivity index (χ3n) is 2.96. The van der Waals surface area contributed by atoms with Crippen LogP contribution in [0.25, 0.3) is 0 Å². The first-order valence-corrected chi connectivity index (χ1v) is 6.24. The maximum atomic E-state index is 9.67. The van der Waals surface area contributed by atoms with Crippen LogP contribution in [0.3, 0.4) is 0 Å². The molecule has 19 heavy (non-hydrogen) atoms. The van der Waals surface area contributed by atoms with Gasteiger partial charge in [-0.2, -0.15) is 0 Å². The van der Waals surface area contributed by atoms with Crippen molar-refractivity contribution in [2.75, 3.05) is 13.2 Å². The molecule has 7 nitrogen and oxygen atoms in total. The molecule has 0 saturated carbocycles. The minimum absolute atomic E-state index is 0.105. The molecule has 1 heterocycles. The quantitative estimate of drug-likeness (QED) is 0.361. The molecule has 0 aromatic carbocycles. The van der Waals surface area contributed by atoms with Crippen molar-refractivity contribution in [3.8, 4) is 0 Å². The molecule has 112 valence electrons. The van der Waals surface area contributed by atoms with Crippen LogP contribution in [0.2, 0.25) is 0 Å². The van der Waals surface area contributed by atoms with E-state index < -0.39 is 43.4 Å². The number of hydrogen-bond donors (Lipinski definition) is 5. The van der Waals surface area contributed by atoms with Gasteiger partial charge in [0.05, 0.1) is 19.3 Å². The van der Waals surface area contributed by atoms with Gasteiger partial charge in [-0.15, -0.1) is 0 Å². The van der Waals surface area contributed by atoms with Crippen LogP contribution in [0.1, 0.15) is 13.3 Å². The lowest BCUT2D eigenvalue weighted by Crippen LogP contribution is -2.59. The SMILES string of the molecule is C/C=C/[C@@H](O)CCOC1OC(CO)C(O)C(O)C1O. The summed E-state index contributed by atoms with van der Waals surface area (Å²) in [6.45, 7) is 1.39. The van der Waals surface area contributed by atoms with Crippen LogP contribution in [0, 0.1) is 0 Å². The first-order chi connectivity index (χ1) is 9.01. The smallest absolute Gasteiger partial charge is 0.186 e. The van der Waals surface area contributed by atoms with Gasteiger partial charge in [-0.1, -0.05) is 12.2 Å². The molecule has 5 N–H and O–H groups in total. The number of rotatable bonds is 6. The molecule has 6 atom stereocenters. The Hall–Kier alpha value is -0.540. The van der Waals surface area contributed by atoms with Gasteiger partial charge in [-0.05, 0) is 6.92 Å². The van der Waals surface area contributed by atoms with E-state index in [-0.39, 0.29) is 6.61 Å². The van der Waals surface area contributed by atoms with E-state index in [9.17, 15) is 20.4 Å². The molecule has 5 unspecified atom stereocenters. The van der Waals surface area contributed by atoms with E-state index >= 15 is 0 Å². The summed E-state index contributed by atoms with van der Waals surface area (Å²) in [4.78, 5) is 0. The molecular weight excluding hydrogens is 256 g/mol. The van der Waals surface area contributed by atoms with Crippen molar-refractivity contribution in [2.45, 2.75) is 50.2 Å². The van der Waals surface area contributed by atoms with Crippen LogP contribution in [0.4, 0.5) is 0 Å². The first-order valence-electron chi connectivity index (χ1n) is 6.24. The van der Waals surface area contributed by atoms with Crippen LogP contribution in [0.5, 0.6) is 0 Å². The van der Waals surface area contributed by atoms with Crippen molar-refractivity contribution in [3.05, 3.63) is 12.2 Å². The largest absolute Gasteiger partial charge is 0.394 e. The van der Waals surface area contributed by atoms with E-state index in [0.717, 1.165) is 0 Å². The molecule has 0 amide bonds. The van der Waals surface area contributed by atoms with E-state index in [1.54, 1.807) is 19.1 Å². The molecule has 1 aliphatic rings. The van der Waals surface area contributed by atoms with E-state index in [4.69, 9.17) is 14.6 Å². The van der Waals surface area contributed by atoms with Gasteiger partial charge >= 0.3 is 0 Å². The minimum atomic E-state index is -1.45. The molecule has 0 aromatic rings. The molecule has 7 heteroatoms. The van der Waals surface area contributed by atoms with Crippen molar-refractivity contribution >= 4 is 0 Å². The predicted molar refractivity (Wildman–Crippen MR) is 65.2 cm³/mol. The summed E-state index contributed by atoms with van der Waals surface area (Å²) in [6.07, 6.45) is -3.43. The predicted octanol–water partition coefficient (Wildman–Crippen LogP) is -1.87. The molecule has 1 fully saturated rings. The number of allylic oxidation sites excluding steroid dienone is 1. The van der Waals surface area contributed by atoms with Gasteiger partial charge in [0.2, 0.25) is 0 Å². The summed E-state index contributed by atoms with van der Waals surface area (Å²) in [7, 11) is 0. The van der Waals surface area contributed by atoms with Gasteiger partial charge in [0.25, 0.3) is 0 Å². The Balaban J connectivity index is 2.44. The third-order valence-corrected chi connectivity index (χ3v) is 2.96. The average Bonchev–Trinajstić information content (AvgIpc) is 2.39. The Kier molecular flexibility index (Phi) is 6.87. The maximum absolute atomic E-state index is 9.67. The highest BCUT2D eigenvalue weighted by atomic mass is 16.7. The topological polar surface area (TPSA) is 120 Å². The van der Waals surface area contributed by atoms with Crippen molar-refractivity contribution in [3.63, 3.8) is 0 Å². The Morgan fingerprint density at radius 2 is 1.89 bits per heavy atom. The fourth-order valence-electron chi connectivity index (χ4n) is 1.83. The van der Waals surface area contributed by atoms with Gasteiger partial charge in [-0.25, -0.2) is 0 Å². The average molecular weight is 278 g/mol. The fourth-order valence-corrected chi connectivity index (χ4v) is 1.83. The van der Waals surface area contributed by atoms with Crippen LogP contribution in [0.15, 0.2) is 12.2 Å². The highest BCUT2D eigenvalue weighted by Gasteiger charge is 2.43. The minimum Gasteiger partial charge on any atom is -0.394 e. The number of aliphatic hydroxyl groups is 5.